The van der Waals surface area contributed by atoms with E-state index in [1.54, 1.807) is 24.3 Å². The van der Waals surface area contributed by atoms with Crippen LogP contribution in [0.15, 0.2) is 30.3 Å². The first-order chi connectivity index (χ1) is 9.89. The molecule has 2 aromatic rings. The van der Waals surface area contributed by atoms with E-state index in [0.29, 0.717) is 11.3 Å². The summed E-state index contributed by atoms with van der Waals surface area (Å²) in [5.74, 6) is -0.293. The summed E-state index contributed by atoms with van der Waals surface area (Å²) in [6.07, 6.45) is 0. The van der Waals surface area contributed by atoms with Crippen molar-refractivity contribution in [3.63, 3.8) is 0 Å². The van der Waals surface area contributed by atoms with Crippen LogP contribution in [0.3, 0.4) is 0 Å². The van der Waals surface area contributed by atoms with Gasteiger partial charge in [0.15, 0.2) is 0 Å². The molecule has 0 saturated carbocycles. The van der Waals surface area contributed by atoms with Crippen LogP contribution in [0.25, 0.3) is 0 Å². The van der Waals surface area contributed by atoms with E-state index in [9.17, 15) is 8.42 Å². The topological polar surface area (TPSA) is 107 Å². The van der Waals surface area contributed by atoms with Crippen LogP contribution < -0.4 is 15.2 Å². The molecule has 9 heteroatoms. The maximum atomic E-state index is 12.1. The Morgan fingerprint density at radius 3 is 2.71 bits per heavy atom. The summed E-state index contributed by atoms with van der Waals surface area (Å²) in [7, 11) is -2.33. The third kappa shape index (κ3) is 4.20. The van der Waals surface area contributed by atoms with E-state index in [1.165, 1.54) is 13.2 Å². The highest BCUT2D eigenvalue weighted by Crippen LogP contribution is 2.19. The van der Waals surface area contributed by atoms with E-state index < -0.39 is 10.0 Å². The Hall–Kier alpha value is -2.06. The zero-order valence-electron chi connectivity index (χ0n) is 11.1. The molecule has 7 nitrogen and oxygen atoms in total. The lowest BCUT2D eigenvalue weighted by atomic mass is 10.2. The number of sulfonamides is 1. The third-order valence-electron chi connectivity index (χ3n) is 2.53. The Bertz CT molecular complexity index is 752. The minimum atomic E-state index is -3.72. The molecule has 0 atom stereocenters. The minimum absolute atomic E-state index is 0.0683. The average molecular weight is 329 g/mol. The first-order valence-corrected chi connectivity index (χ1v) is 7.85. The molecule has 0 aliphatic carbocycles. The smallest absolute Gasteiger partial charge is 0.241 e. The van der Waals surface area contributed by atoms with Gasteiger partial charge in [-0.25, -0.2) is 13.4 Å². The van der Waals surface area contributed by atoms with Crippen molar-refractivity contribution in [2.24, 2.45) is 0 Å². The Labute approximate surface area is 127 Å². The molecule has 1 heterocycles. The highest BCUT2D eigenvalue weighted by atomic mass is 35.5. The lowest BCUT2D eigenvalue weighted by molar-refractivity contribution is 0.397. The maximum Gasteiger partial charge on any atom is 0.241 e. The van der Waals surface area contributed by atoms with Crippen molar-refractivity contribution in [3.8, 4) is 5.88 Å². The Balaban J connectivity index is 2.22. The SMILES string of the molecule is COc1cc(Cl)nc(NS(=O)(=O)Cc2ccccc2N)n1. The van der Waals surface area contributed by atoms with Gasteiger partial charge in [-0.2, -0.15) is 4.98 Å². The molecule has 2 rings (SSSR count). The van der Waals surface area contributed by atoms with E-state index >= 15 is 0 Å². The summed E-state index contributed by atoms with van der Waals surface area (Å²) in [6.45, 7) is 0. The normalized spacial score (nSPS) is 11.1. The van der Waals surface area contributed by atoms with Crippen LogP contribution in [-0.4, -0.2) is 25.5 Å². The molecule has 1 aromatic heterocycles. The fourth-order valence-corrected chi connectivity index (χ4v) is 2.88. The lowest BCUT2D eigenvalue weighted by Crippen LogP contribution is -2.17. The van der Waals surface area contributed by atoms with Gasteiger partial charge in [0.2, 0.25) is 21.9 Å². The second-order valence-corrected chi connectivity index (χ2v) is 6.23. The number of nitrogens with one attached hydrogen (secondary N) is 1. The number of benzene rings is 1. The molecule has 0 bridgehead atoms. The highest BCUT2D eigenvalue weighted by Gasteiger charge is 2.16. The van der Waals surface area contributed by atoms with Crippen LogP contribution in [0.2, 0.25) is 5.15 Å². The number of methoxy groups -OCH3 is 1. The summed E-state index contributed by atoms with van der Waals surface area (Å²) in [4.78, 5) is 7.65. The quantitative estimate of drug-likeness (QED) is 0.638. The van der Waals surface area contributed by atoms with E-state index in [2.05, 4.69) is 14.7 Å². The van der Waals surface area contributed by atoms with Crippen LogP contribution in [-0.2, 0) is 15.8 Å². The molecule has 0 radical (unpaired) electrons. The molecule has 112 valence electrons. The number of aromatic nitrogens is 2. The summed E-state index contributed by atoms with van der Waals surface area (Å²) in [5.41, 5.74) is 6.61. The predicted molar refractivity (Wildman–Crippen MR) is 80.7 cm³/mol. The summed E-state index contributed by atoms with van der Waals surface area (Å²) >= 11 is 5.76. The number of anilines is 2. The second kappa shape index (κ2) is 6.15. The number of nitrogen functional groups attached to an aromatic ring is 1. The third-order valence-corrected chi connectivity index (χ3v) is 3.91. The number of para-hydroxylation sites is 1. The molecule has 0 spiro atoms. The number of nitrogens with two attached hydrogens (primary N) is 1. The van der Waals surface area contributed by atoms with Crippen molar-refractivity contribution in [2.45, 2.75) is 5.75 Å². The molecule has 0 saturated heterocycles. The molecule has 1 aromatic carbocycles. The van der Waals surface area contributed by atoms with Crippen LogP contribution in [0, 0.1) is 0 Å². The zero-order valence-corrected chi connectivity index (χ0v) is 12.6. The van der Waals surface area contributed by atoms with Crippen molar-refractivity contribution in [1.82, 2.24) is 9.97 Å². The van der Waals surface area contributed by atoms with Gasteiger partial charge in [-0.05, 0) is 11.6 Å². The zero-order chi connectivity index (χ0) is 15.5. The molecule has 3 N–H and O–H groups in total. The number of ether oxygens (including phenoxy) is 1. The van der Waals surface area contributed by atoms with Crippen molar-refractivity contribution in [3.05, 3.63) is 41.0 Å². The number of nitrogens with zero attached hydrogens (tertiary/aromatic N) is 2. The number of rotatable bonds is 5. The van der Waals surface area contributed by atoms with Crippen LogP contribution >= 0.6 is 11.6 Å². The molecule has 0 aliphatic heterocycles. The van der Waals surface area contributed by atoms with Crippen LogP contribution in [0.1, 0.15) is 5.56 Å². The lowest BCUT2D eigenvalue weighted by Gasteiger charge is -2.09. The predicted octanol–water partition coefficient (Wildman–Crippen LogP) is 1.66. The standard InChI is InChI=1S/C12H13ClN4O3S/c1-20-11-6-10(13)15-12(16-11)17-21(18,19)7-8-4-2-3-5-9(8)14/h2-6H,7,14H2,1H3,(H,15,16,17). The minimum Gasteiger partial charge on any atom is -0.481 e. The van der Waals surface area contributed by atoms with Crippen molar-refractivity contribution in [2.75, 3.05) is 17.6 Å². The summed E-state index contributed by atoms with van der Waals surface area (Å²) in [6, 6.07) is 8.07. The van der Waals surface area contributed by atoms with Gasteiger partial charge >= 0.3 is 0 Å². The Kier molecular flexibility index (Phi) is 4.49. The number of halogens is 1. The summed E-state index contributed by atoms with van der Waals surface area (Å²) < 4.78 is 31.3. The van der Waals surface area contributed by atoms with Gasteiger partial charge in [0.25, 0.3) is 0 Å². The highest BCUT2D eigenvalue weighted by molar-refractivity contribution is 7.91. The van der Waals surface area contributed by atoms with Gasteiger partial charge < -0.3 is 10.5 Å². The number of hydrogen-bond donors (Lipinski definition) is 2. The summed E-state index contributed by atoms with van der Waals surface area (Å²) in [5, 5.41) is 0.0683. The molecular weight excluding hydrogens is 316 g/mol. The molecular formula is C12H13ClN4O3S. The van der Waals surface area contributed by atoms with E-state index in [0.717, 1.165) is 0 Å². The van der Waals surface area contributed by atoms with Gasteiger partial charge in [0.05, 0.1) is 12.9 Å². The van der Waals surface area contributed by atoms with E-state index in [1.807, 2.05) is 0 Å². The first-order valence-electron chi connectivity index (χ1n) is 5.82. The molecule has 0 fully saturated rings. The monoisotopic (exact) mass is 328 g/mol. The van der Waals surface area contributed by atoms with E-state index in [4.69, 9.17) is 22.1 Å². The van der Waals surface area contributed by atoms with Crippen molar-refractivity contribution >= 4 is 33.3 Å². The fourth-order valence-electron chi connectivity index (χ4n) is 1.59. The van der Waals surface area contributed by atoms with Gasteiger partial charge in [-0.1, -0.05) is 29.8 Å². The maximum absolute atomic E-state index is 12.1. The van der Waals surface area contributed by atoms with Crippen molar-refractivity contribution in [1.29, 1.82) is 0 Å². The van der Waals surface area contributed by atoms with Gasteiger partial charge in [-0.15, -0.1) is 0 Å². The fraction of sp³-hybridized carbons (Fsp3) is 0.167. The Morgan fingerprint density at radius 2 is 2.05 bits per heavy atom. The van der Waals surface area contributed by atoms with Crippen LogP contribution in [0.5, 0.6) is 5.88 Å². The van der Waals surface area contributed by atoms with E-state index in [-0.39, 0.29) is 22.7 Å². The first kappa shape index (κ1) is 15.3. The van der Waals surface area contributed by atoms with Crippen molar-refractivity contribution < 1.29 is 13.2 Å². The largest absolute Gasteiger partial charge is 0.481 e. The van der Waals surface area contributed by atoms with Gasteiger partial charge in [-0.3, -0.25) is 4.72 Å². The molecule has 21 heavy (non-hydrogen) atoms. The van der Waals surface area contributed by atoms with Crippen LogP contribution in [0.4, 0.5) is 11.6 Å². The second-order valence-electron chi connectivity index (χ2n) is 4.12. The Morgan fingerprint density at radius 1 is 1.33 bits per heavy atom. The number of hydrogen-bond acceptors (Lipinski definition) is 6. The van der Waals surface area contributed by atoms with Gasteiger partial charge in [0.1, 0.15) is 5.15 Å². The molecule has 0 aliphatic rings. The molecule has 0 amide bonds. The van der Waals surface area contributed by atoms with Gasteiger partial charge in [0, 0.05) is 11.8 Å². The average Bonchev–Trinajstić information content (AvgIpc) is 2.40. The molecule has 0 unspecified atom stereocenters.